The summed E-state index contributed by atoms with van der Waals surface area (Å²) >= 11 is 6.93. The van der Waals surface area contributed by atoms with E-state index in [4.69, 9.17) is 16.3 Å². The van der Waals surface area contributed by atoms with Crippen LogP contribution in [-0.2, 0) is 21.4 Å². The number of hydrogen-bond donors (Lipinski definition) is 1. The van der Waals surface area contributed by atoms with Crippen molar-refractivity contribution in [1.29, 1.82) is 0 Å². The molecule has 0 radical (unpaired) electrons. The molecule has 28 heavy (non-hydrogen) atoms. The van der Waals surface area contributed by atoms with Gasteiger partial charge in [-0.05, 0) is 48.6 Å². The molecule has 1 saturated heterocycles. The molecular formula is C19H23ClN2O4S2. The molecule has 0 saturated carbocycles. The van der Waals surface area contributed by atoms with Crippen LogP contribution in [0, 0.1) is 5.92 Å². The molecule has 0 spiro atoms. The number of amides is 1. The van der Waals surface area contributed by atoms with Crippen LogP contribution in [-0.4, -0.2) is 38.8 Å². The summed E-state index contributed by atoms with van der Waals surface area (Å²) in [7, 11) is -1.87. The van der Waals surface area contributed by atoms with Crippen LogP contribution >= 0.6 is 22.9 Å². The third-order valence-electron chi connectivity index (χ3n) is 4.84. The van der Waals surface area contributed by atoms with E-state index in [-0.39, 0.29) is 16.0 Å². The molecule has 6 nitrogen and oxygen atoms in total. The van der Waals surface area contributed by atoms with Gasteiger partial charge < -0.3 is 10.1 Å². The number of sulfonamides is 1. The summed E-state index contributed by atoms with van der Waals surface area (Å²) in [5.41, 5.74) is 1.00. The van der Waals surface area contributed by atoms with Crippen LogP contribution in [0.5, 0.6) is 5.75 Å². The van der Waals surface area contributed by atoms with Crippen LogP contribution in [0.25, 0.3) is 0 Å². The molecule has 0 aliphatic carbocycles. The summed E-state index contributed by atoms with van der Waals surface area (Å²) in [4.78, 5) is 12.2. The Morgan fingerprint density at radius 3 is 2.46 bits per heavy atom. The lowest BCUT2D eigenvalue weighted by Crippen LogP contribution is -2.39. The van der Waals surface area contributed by atoms with Crippen molar-refractivity contribution in [3.8, 4) is 5.75 Å². The average molecular weight is 443 g/mol. The first kappa shape index (κ1) is 21.1. The summed E-state index contributed by atoms with van der Waals surface area (Å²) < 4.78 is 32.6. The van der Waals surface area contributed by atoms with Gasteiger partial charge in [0.25, 0.3) is 10.0 Å². The van der Waals surface area contributed by atoms with E-state index in [0.29, 0.717) is 43.2 Å². The van der Waals surface area contributed by atoms with Gasteiger partial charge in [0.1, 0.15) is 9.96 Å². The fraction of sp³-hybridized carbons (Fsp3) is 0.421. The molecule has 1 N–H and O–H groups in total. The SMILES string of the molecule is COc1ccc(CNC(=O)CC2CCN(S(=O)(=O)c3ccc(Cl)s3)CC2)cc1. The van der Waals surface area contributed by atoms with Crippen molar-refractivity contribution >= 4 is 38.9 Å². The van der Waals surface area contributed by atoms with Crippen molar-refractivity contribution in [1.82, 2.24) is 9.62 Å². The highest BCUT2D eigenvalue weighted by Crippen LogP contribution is 2.31. The number of thiophene rings is 1. The van der Waals surface area contributed by atoms with Crippen molar-refractivity contribution < 1.29 is 17.9 Å². The number of benzene rings is 1. The van der Waals surface area contributed by atoms with Crippen LogP contribution in [0.3, 0.4) is 0 Å². The highest BCUT2D eigenvalue weighted by molar-refractivity contribution is 7.91. The second-order valence-corrected chi connectivity index (χ2v) is 10.6. The van der Waals surface area contributed by atoms with Crippen LogP contribution in [0.2, 0.25) is 4.34 Å². The van der Waals surface area contributed by atoms with Crippen LogP contribution in [0.1, 0.15) is 24.8 Å². The number of carbonyl (C=O) groups is 1. The Kier molecular flexibility index (Phi) is 6.98. The molecule has 1 aliphatic rings. The van der Waals surface area contributed by atoms with E-state index >= 15 is 0 Å². The lowest BCUT2D eigenvalue weighted by atomic mass is 9.94. The second kappa shape index (κ2) is 9.26. The lowest BCUT2D eigenvalue weighted by Gasteiger charge is -2.30. The van der Waals surface area contributed by atoms with Gasteiger partial charge in [-0.15, -0.1) is 11.3 Å². The van der Waals surface area contributed by atoms with Gasteiger partial charge in [0, 0.05) is 26.1 Å². The van der Waals surface area contributed by atoms with E-state index in [1.807, 2.05) is 24.3 Å². The molecule has 152 valence electrons. The number of halogens is 1. The number of rotatable bonds is 7. The maximum Gasteiger partial charge on any atom is 0.252 e. The lowest BCUT2D eigenvalue weighted by molar-refractivity contribution is -0.122. The summed E-state index contributed by atoms with van der Waals surface area (Å²) in [6, 6.07) is 10.7. The maximum atomic E-state index is 12.6. The van der Waals surface area contributed by atoms with Gasteiger partial charge in [-0.1, -0.05) is 23.7 Å². The predicted octanol–water partition coefficient (Wildman–Crippen LogP) is 3.52. The standard InChI is InChI=1S/C19H23ClN2O4S2/c1-26-16-4-2-15(3-5-16)13-21-18(23)12-14-8-10-22(11-9-14)28(24,25)19-7-6-17(20)27-19/h2-7,14H,8-13H2,1H3,(H,21,23). The van der Waals surface area contributed by atoms with Crippen molar-refractivity contribution in [3.05, 3.63) is 46.3 Å². The molecule has 0 unspecified atom stereocenters. The number of piperidine rings is 1. The van der Waals surface area contributed by atoms with Gasteiger partial charge in [-0.25, -0.2) is 8.42 Å². The van der Waals surface area contributed by atoms with Gasteiger partial charge in [-0.3, -0.25) is 4.79 Å². The number of ether oxygens (including phenoxy) is 1. The van der Waals surface area contributed by atoms with Gasteiger partial charge >= 0.3 is 0 Å². The number of hydrogen-bond acceptors (Lipinski definition) is 5. The van der Waals surface area contributed by atoms with E-state index in [2.05, 4.69) is 5.32 Å². The predicted molar refractivity (Wildman–Crippen MR) is 110 cm³/mol. The fourth-order valence-electron chi connectivity index (χ4n) is 3.20. The molecule has 1 aromatic heterocycles. The zero-order valence-corrected chi connectivity index (χ0v) is 17.9. The highest BCUT2D eigenvalue weighted by Gasteiger charge is 2.31. The molecule has 2 heterocycles. The number of carbonyl (C=O) groups excluding carboxylic acids is 1. The smallest absolute Gasteiger partial charge is 0.252 e. The van der Waals surface area contributed by atoms with Crippen molar-refractivity contribution in [2.24, 2.45) is 5.92 Å². The first-order valence-electron chi connectivity index (χ1n) is 9.03. The summed E-state index contributed by atoms with van der Waals surface area (Å²) in [5.74, 6) is 0.956. The molecule has 1 amide bonds. The van der Waals surface area contributed by atoms with E-state index < -0.39 is 10.0 Å². The number of nitrogens with one attached hydrogen (secondary N) is 1. The summed E-state index contributed by atoms with van der Waals surface area (Å²) in [6.45, 7) is 1.32. The third kappa shape index (κ3) is 5.26. The molecule has 0 bridgehead atoms. The maximum absolute atomic E-state index is 12.6. The first-order valence-corrected chi connectivity index (χ1v) is 11.7. The third-order valence-corrected chi connectivity index (χ3v) is 8.44. The highest BCUT2D eigenvalue weighted by atomic mass is 35.5. The van der Waals surface area contributed by atoms with Gasteiger partial charge in [0.05, 0.1) is 11.4 Å². The Morgan fingerprint density at radius 1 is 1.21 bits per heavy atom. The number of nitrogens with zero attached hydrogens (tertiary/aromatic N) is 1. The molecule has 1 aromatic carbocycles. The normalized spacial score (nSPS) is 16.1. The van der Waals surface area contributed by atoms with Gasteiger partial charge in [0.15, 0.2) is 0 Å². The Bertz CT molecular complexity index is 904. The molecule has 0 atom stereocenters. The van der Waals surface area contributed by atoms with E-state index in [1.54, 1.807) is 19.2 Å². The quantitative estimate of drug-likeness (QED) is 0.711. The Balaban J connectivity index is 1.45. The van der Waals surface area contributed by atoms with E-state index in [0.717, 1.165) is 22.6 Å². The van der Waals surface area contributed by atoms with E-state index in [1.165, 1.54) is 4.31 Å². The van der Waals surface area contributed by atoms with Crippen molar-refractivity contribution in [2.45, 2.75) is 30.0 Å². The van der Waals surface area contributed by atoms with Crippen molar-refractivity contribution in [2.75, 3.05) is 20.2 Å². The van der Waals surface area contributed by atoms with E-state index in [9.17, 15) is 13.2 Å². The minimum Gasteiger partial charge on any atom is -0.497 e. The summed E-state index contributed by atoms with van der Waals surface area (Å²) in [6.07, 6.45) is 1.76. The molecular weight excluding hydrogens is 420 g/mol. The van der Waals surface area contributed by atoms with Gasteiger partial charge in [0.2, 0.25) is 5.91 Å². The van der Waals surface area contributed by atoms with Crippen molar-refractivity contribution in [3.63, 3.8) is 0 Å². The Labute approximate surface area is 174 Å². The average Bonchev–Trinajstić information content (AvgIpc) is 3.14. The molecule has 3 rings (SSSR count). The Morgan fingerprint density at radius 2 is 1.89 bits per heavy atom. The molecule has 2 aromatic rings. The minimum absolute atomic E-state index is 0.0119. The second-order valence-electron chi connectivity index (χ2n) is 6.73. The van der Waals surface area contributed by atoms with Crippen LogP contribution in [0.15, 0.2) is 40.6 Å². The Hall–Kier alpha value is -1.61. The molecule has 1 fully saturated rings. The molecule has 1 aliphatic heterocycles. The van der Waals surface area contributed by atoms with Gasteiger partial charge in [-0.2, -0.15) is 4.31 Å². The minimum atomic E-state index is -3.49. The monoisotopic (exact) mass is 442 g/mol. The fourth-order valence-corrected chi connectivity index (χ4v) is 6.30. The largest absolute Gasteiger partial charge is 0.497 e. The molecule has 9 heteroatoms. The first-order chi connectivity index (χ1) is 13.4. The summed E-state index contributed by atoms with van der Waals surface area (Å²) in [5, 5.41) is 2.93. The van der Waals surface area contributed by atoms with Crippen LogP contribution in [0.4, 0.5) is 0 Å². The zero-order valence-electron chi connectivity index (χ0n) is 15.6. The number of methoxy groups -OCH3 is 1. The van der Waals surface area contributed by atoms with Crippen LogP contribution < -0.4 is 10.1 Å². The zero-order chi connectivity index (χ0) is 20.1. The topological polar surface area (TPSA) is 75.7 Å².